The third kappa shape index (κ3) is 2.98. The normalized spacial score (nSPS) is 19.9. The standard InChI is InChI=1S/C27H24N2O4/c1-26(2,3)33-25(32)29-23(30)16-21(19-14-13-17-9-5-6-10-18(17)15-19)27(29)20-11-7-8-12-22(20)28(4)24(27)31/h5-16H,1-4H3/t27-/m1/s1. The maximum atomic E-state index is 13.9. The van der Waals surface area contributed by atoms with Gasteiger partial charge in [-0.25, -0.2) is 9.69 Å². The SMILES string of the molecule is CN1C(=O)[C@]2(C(c3ccc4ccccc4c3)=CC(=O)N2C(=O)OC(C)(C)C)c2ccccc21. The first kappa shape index (κ1) is 20.9. The maximum Gasteiger partial charge on any atom is 0.418 e. The van der Waals surface area contributed by atoms with Crippen molar-refractivity contribution in [3.8, 4) is 0 Å². The Labute approximate surface area is 192 Å². The molecule has 3 aromatic carbocycles. The number of carbonyl (C=O) groups is 3. The fourth-order valence-electron chi connectivity index (χ4n) is 4.78. The summed E-state index contributed by atoms with van der Waals surface area (Å²) in [6.45, 7) is 5.19. The van der Waals surface area contributed by atoms with E-state index in [9.17, 15) is 14.4 Å². The minimum absolute atomic E-state index is 0.375. The topological polar surface area (TPSA) is 66.9 Å². The Morgan fingerprint density at radius 3 is 2.30 bits per heavy atom. The first-order chi connectivity index (χ1) is 15.6. The molecular formula is C27H24N2O4. The fourth-order valence-corrected chi connectivity index (χ4v) is 4.78. The monoisotopic (exact) mass is 440 g/mol. The van der Waals surface area contributed by atoms with Gasteiger partial charge in [0.05, 0.1) is 0 Å². The van der Waals surface area contributed by atoms with E-state index in [2.05, 4.69) is 0 Å². The van der Waals surface area contributed by atoms with Gasteiger partial charge in [0, 0.05) is 29.9 Å². The van der Waals surface area contributed by atoms with E-state index in [-0.39, 0.29) is 5.91 Å². The van der Waals surface area contributed by atoms with Crippen molar-refractivity contribution in [2.75, 3.05) is 11.9 Å². The zero-order valence-electron chi connectivity index (χ0n) is 19.0. The molecule has 2 heterocycles. The van der Waals surface area contributed by atoms with Crippen LogP contribution < -0.4 is 4.90 Å². The largest absolute Gasteiger partial charge is 0.443 e. The molecule has 5 rings (SSSR count). The van der Waals surface area contributed by atoms with Crippen molar-refractivity contribution in [2.24, 2.45) is 0 Å². The lowest BCUT2D eigenvalue weighted by Gasteiger charge is -2.36. The highest BCUT2D eigenvalue weighted by molar-refractivity contribution is 6.25. The second-order valence-electron chi connectivity index (χ2n) is 9.37. The van der Waals surface area contributed by atoms with Gasteiger partial charge in [0.15, 0.2) is 5.54 Å². The van der Waals surface area contributed by atoms with Crippen LogP contribution in [0.25, 0.3) is 16.3 Å². The number of fused-ring (bicyclic) bond motifs is 3. The van der Waals surface area contributed by atoms with Crippen LogP contribution in [0.1, 0.15) is 31.9 Å². The van der Waals surface area contributed by atoms with E-state index < -0.39 is 23.1 Å². The van der Waals surface area contributed by atoms with Gasteiger partial charge in [-0.3, -0.25) is 9.59 Å². The van der Waals surface area contributed by atoms with Crippen molar-refractivity contribution in [2.45, 2.75) is 31.9 Å². The summed E-state index contributed by atoms with van der Waals surface area (Å²) < 4.78 is 5.59. The van der Waals surface area contributed by atoms with Crippen molar-refractivity contribution in [3.63, 3.8) is 0 Å². The second-order valence-corrected chi connectivity index (χ2v) is 9.37. The number of para-hydroxylation sites is 1. The van der Waals surface area contributed by atoms with E-state index in [4.69, 9.17) is 4.74 Å². The Morgan fingerprint density at radius 2 is 1.58 bits per heavy atom. The molecule has 3 aromatic rings. The second kappa shape index (κ2) is 7.04. The van der Waals surface area contributed by atoms with Gasteiger partial charge < -0.3 is 9.64 Å². The number of likely N-dealkylation sites (N-methyl/N-ethyl adjacent to an activating group) is 1. The lowest BCUT2D eigenvalue weighted by atomic mass is 9.80. The number of amides is 3. The van der Waals surface area contributed by atoms with Crippen LogP contribution in [0.2, 0.25) is 0 Å². The van der Waals surface area contributed by atoms with Crippen LogP contribution in [-0.4, -0.2) is 35.5 Å². The van der Waals surface area contributed by atoms with Crippen LogP contribution in [0.15, 0.2) is 72.8 Å². The van der Waals surface area contributed by atoms with Crippen LogP contribution in [-0.2, 0) is 19.9 Å². The van der Waals surface area contributed by atoms with Crippen LogP contribution in [0.5, 0.6) is 0 Å². The van der Waals surface area contributed by atoms with Crippen molar-refractivity contribution in [3.05, 3.63) is 83.9 Å². The van der Waals surface area contributed by atoms with Gasteiger partial charge in [0.25, 0.3) is 11.8 Å². The molecule has 166 valence electrons. The van der Waals surface area contributed by atoms with Crippen molar-refractivity contribution >= 4 is 39.9 Å². The van der Waals surface area contributed by atoms with Crippen LogP contribution in [0, 0.1) is 0 Å². The summed E-state index contributed by atoms with van der Waals surface area (Å²) in [5.74, 6) is -0.953. The number of carbonyl (C=O) groups excluding carboxylic acids is 3. The first-order valence-corrected chi connectivity index (χ1v) is 10.8. The molecule has 1 atom stereocenters. The maximum absolute atomic E-state index is 13.9. The predicted octanol–water partition coefficient (Wildman–Crippen LogP) is 4.87. The predicted molar refractivity (Wildman–Crippen MR) is 127 cm³/mol. The third-order valence-corrected chi connectivity index (χ3v) is 6.12. The molecule has 0 aromatic heterocycles. The molecule has 0 saturated heterocycles. The lowest BCUT2D eigenvalue weighted by Crippen LogP contribution is -2.55. The molecule has 33 heavy (non-hydrogen) atoms. The minimum atomic E-state index is -1.63. The van der Waals surface area contributed by atoms with E-state index in [1.165, 1.54) is 11.0 Å². The van der Waals surface area contributed by atoms with E-state index >= 15 is 0 Å². The third-order valence-electron chi connectivity index (χ3n) is 6.12. The zero-order chi connectivity index (χ0) is 23.5. The molecule has 0 radical (unpaired) electrons. The van der Waals surface area contributed by atoms with E-state index in [1.54, 1.807) is 40.0 Å². The Morgan fingerprint density at radius 1 is 0.909 bits per heavy atom. The Balaban J connectivity index is 1.77. The minimum Gasteiger partial charge on any atom is -0.443 e. The van der Waals surface area contributed by atoms with Crippen molar-refractivity contribution in [1.29, 1.82) is 0 Å². The fraction of sp³-hybridized carbons (Fsp3) is 0.222. The number of anilines is 1. The summed E-state index contributed by atoms with van der Waals surface area (Å²) in [4.78, 5) is 43.1. The average Bonchev–Trinajstić information content (AvgIpc) is 3.20. The van der Waals surface area contributed by atoms with E-state index in [0.717, 1.165) is 15.7 Å². The number of hydrogen-bond donors (Lipinski definition) is 0. The van der Waals surface area contributed by atoms with Crippen molar-refractivity contribution < 1.29 is 19.1 Å². The summed E-state index contributed by atoms with van der Waals surface area (Å²) >= 11 is 0. The van der Waals surface area contributed by atoms with Gasteiger partial charge in [0.2, 0.25) is 0 Å². The molecule has 0 bridgehead atoms. The van der Waals surface area contributed by atoms with Crippen molar-refractivity contribution in [1.82, 2.24) is 4.90 Å². The van der Waals surface area contributed by atoms with Crippen LogP contribution in [0.3, 0.4) is 0 Å². The summed E-state index contributed by atoms with van der Waals surface area (Å²) in [6, 6.07) is 20.9. The number of nitrogens with zero attached hydrogens (tertiary/aromatic N) is 2. The molecule has 0 fully saturated rings. The lowest BCUT2D eigenvalue weighted by molar-refractivity contribution is -0.136. The molecule has 2 aliphatic rings. The molecular weight excluding hydrogens is 416 g/mol. The highest BCUT2D eigenvalue weighted by atomic mass is 16.6. The van der Waals surface area contributed by atoms with Crippen LogP contribution >= 0.6 is 0 Å². The first-order valence-electron chi connectivity index (χ1n) is 10.8. The van der Waals surface area contributed by atoms with E-state index in [0.29, 0.717) is 22.4 Å². The number of hydrogen-bond acceptors (Lipinski definition) is 4. The molecule has 1 spiro atoms. The Bertz CT molecular complexity index is 1370. The summed E-state index contributed by atoms with van der Waals surface area (Å²) in [5, 5.41) is 2.01. The van der Waals surface area contributed by atoms with Crippen LogP contribution in [0.4, 0.5) is 10.5 Å². The summed E-state index contributed by atoms with van der Waals surface area (Å²) in [7, 11) is 1.66. The van der Waals surface area contributed by atoms with Gasteiger partial charge in [0.1, 0.15) is 5.60 Å². The van der Waals surface area contributed by atoms with Gasteiger partial charge in [-0.05, 0) is 49.2 Å². The highest BCUT2D eigenvalue weighted by Gasteiger charge is 2.63. The summed E-state index contributed by atoms with van der Waals surface area (Å²) in [6.07, 6.45) is 0.542. The number of benzene rings is 3. The van der Waals surface area contributed by atoms with Gasteiger partial charge >= 0.3 is 6.09 Å². The Kier molecular flexibility index (Phi) is 4.47. The number of ether oxygens (including phenoxy) is 1. The van der Waals surface area contributed by atoms with Gasteiger partial charge in [-0.15, -0.1) is 0 Å². The molecule has 2 aliphatic heterocycles. The highest BCUT2D eigenvalue weighted by Crippen LogP contribution is 2.54. The van der Waals surface area contributed by atoms with Gasteiger partial charge in [-0.1, -0.05) is 54.6 Å². The molecule has 0 saturated carbocycles. The van der Waals surface area contributed by atoms with E-state index in [1.807, 2.05) is 54.6 Å². The number of rotatable bonds is 1. The molecule has 6 nitrogen and oxygen atoms in total. The summed E-state index contributed by atoms with van der Waals surface area (Å²) in [5.41, 5.74) is -0.0755. The number of imide groups is 1. The smallest absolute Gasteiger partial charge is 0.418 e. The molecule has 3 amide bonds. The Hall–Kier alpha value is -3.93. The molecule has 6 heteroatoms. The molecule has 0 unspecified atom stereocenters. The average molecular weight is 440 g/mol. The van der Waals surface area contributed by atoms with Gasteiger partial charge in [-0.2, -0.15) is 0 Å². The molecule has 0 N–H and O–H groups in total. The quantitative estimate of drug-likeness (QED) is 0.541. The zero-order valence-corrected chi connectivity index (χ0v) is 19.0. The molecule has 0 aliphatic carbocycles.